The van der Waals surface area contributed by atoms with Gasteiger partial charge in [-0.3, -0.25) is 9.59 Å². The molecular formula is C11H12N2O2. The van der Waals surface area contributed by atoms with Gasteiger partial charge in [-0.25, -0.2) is 4.90 Å². The number of amides is 2. The standard InChI is InChI=1S/C11H12N2O2/c1-7-2-4-8(5-3-7)13-10(14)6-9(12)11(13)15/h2-5,9H,6,12H2,1H3/t9-/m0/s1. The highest BCUT2D eigenvalue weighted by Gasteiger charge is 2.36. The van der Waals surface area contributed by atoms with Gasteiger partial charge in [-0.1, -0.05) is 17.7 Å². The summed E-state index contributed by atoms with van der Waals surface area (Å²) in [4.78, 5) is 24.2. The molecule has 0 bridgehead atoms. The van der Waals surface area contributed by atoms with Crippen LogP contribution in [0, 0.1) is 6.92 Å². The first-order valence-corrected chi connectivity index (χ1v) is 4.78. The fraction of sp³-hybridized carbons (Fsp3) is 0.273. The van der Waals surface area contributed by atoms with Gasteiger partial charge in [-0.2, -0.15) is 0 Å². The highest BCUT2D eigenvalue weighted by Crippen LogP contribution is 2.22. The molecule has 0 aliphatic carbocycles. The van der Waals surface area contributed by atoms with Gasteiger partial charge in [0, 0.05) is 0 Å². The fourth-order valence-electron chi connectivity index (χ4n) is 1.62. The molecule has 1 aliphatic heterocycles. The first-order chi connectivity index (χ1) is 7.09. The van der Waals surface area contributed by atoms with Gasteiger partial charge in [-0.05, 0) is 19.1 Å². The fourth-order valence-corrected chi connectivity index (χ4v) is 1.62. The number of carbonyl (C=O) groups is 2. The zero-order valence-corrected chi connectivity index (χ0v) is 8.43. The summed E-state index contributed by atoms with van der Waals surface area (Å²) in [6.07, 6.45) is 0.104. The summed E-state index contributed by atoms with van der Waals surface area (Å²) < 4.78 is 0. The van der Waals surface area contributed by atoms with Gasteiger partial charge in [0.25, 0.3) is 5.91 Å². The third-order valence-electron chi connectivity index (χ3n) is 2.47. The van der Waals surface area contributed by atoms with E-state index < -0.39 is 6.04 Å². The predicted octanol–water partition coefficient (Wildman–Crippen LogP) is 0.586. The van der Waals surface area contributed by atoms with Crippen LogP contribution in [0.4, 0.5) is 5.69 Å². The van der Waals surface area contributed by atoms with Gasteiger partial charge >= 0.3 is 0 Å². The summed E-state index contributed by atoms with van der Waals surface area (Å²) in [7, 11) is 0. The second-order valence-corrected chi connectivity index (χ2v) is 3.71. The van der Waals surface area contributed by atoms with Crippen LogP contribution in [0.25, 0.3) is 0 Å². The molecule has 15 heavy (non-hydrogen) atoms. The summed E-state index contributed by atoms with van der Waals surface area (Å²) in [6, 6.07) is 6.55. The summed E-state index contributed by atoms with van der Waals surface area (Å²) >= 11 is 0. The molecule has 1 aromatic carbocycles. The lowest BCUT2D eigenvalue weighted by atomic mass is 10.2. The molecule has 0 unspecified atom stereocenters. The SMILES string of the molecule is Cc1ccc(N2C(=O)C[C@H](N)C2=O)cc1. The number of anilines is 1. The van der Waals surface area contributed by atoms with Crippen molar-refractivity contribution in [3.05, 3.63) is 29.8 Å². The molecule has 0 spiro atoms. The van der Waals surface area contributed by atoms with Gasteiger partial charge in [-0.15, -0.1) is 0 Å². The van der Waals surface area contributed by atoms with Crippen molar-refractivity contribution in [1.29, 1.82) is 0 Å². The Labute approximate surface area is 87.7 Å². The van der Waals surface area contributed by atoms with Gasteiger partial charge in [0.05, 0.1) is 18.2 Å². The van der Waals surface area contributed by atoms with Crippen molar-refractivity contribution < 1.29 is 9.59 Å². The van der Waals surface area contributed by atoms with Crippen LogP contribution < -0.4 is 10.6 Å². The Morgan fingerprint density at radius 3 is 2.33 bits per heavy atom. The van der Waals surface area contributed by atoms with Crippen molar-refractivity contribution in [2.45, 2.75) is 19.4 Å². The Bertz CT molecular complexity index is 411. The van der Waals surface area contributed by atoms with Crippen LogP contribution in [-0.4, -0.2) is 17.9 Å². The normalized spacial score (nSPS) is 21.2. The monoisotopic (exact) mass is 204 g/mol. The first kappa shape index (κ1) is 9.86. The average Bonchev–Trinajstić information content (AvgIpc) is 2.44. The molecule has 1 aliphatic rings. The number of benzene rings is 1. The topological polar surface area (TPSA) is 63.4 Å². The Kier molecular flexibility index (Phi) is 2.28. The van der Waals surface area contributed by atoms with Crippen molar-refractivity contribution in [1.82, 2.24) is 0 Å². The summed E-state index contributed by atoms with van der Waals surface area (Å²) in [6.45, 7) is 1.95. The molecule has 4 nitrogen and oxygen atoms in total. The summed E-state index contributed by atoms with van der Waals surface area (Å²) in [5, 5.41) is 0. The van der Waals surface area contributed by atoms with Crippen molar-refractivity contribution in [3.8, 4) is 0 Å². The number of hydrogen-bond acceptors (Lipinski definition) is 3. The zero-order valence-electron chi connectivity index (χ0n) is 8.43. The predicted molar refractivity (Wildman–Crippen MR) is 56.3 cm³/mol. The lowest BCUT2D eigenvalue weighted by molar-refractivity contribution is -0.121. The molecule has 0 radical (unpaired) electrons. The van der Waals surface area contributed by atoms with E-state index in [4.69, 9.17) is 5.73 Å². The van der Waals surface area contributed by atoms with Crippen molar-refractivity contribution >= 4 is 17.5 Å². The maximum atomic E-state index is 11.6. The van der Waals surface area contributed by atoms with Crippen molar-refractivity contribution in [3.63, 3.8) is 0 Å². The van der Waals surface area contributed by atoms with E-state index in [1.807, 2.05) is 19.1 Å². The molecule has 2 amide bonds. The quantitative estimate of drug-likeness (QED) is 0.681. The highest BCUT2D eigenvalue weighted by molar-refractivity contribution is 6.22. The Morgan fingerprint density at radius 2 is 1.87 bits per heavy atom. The van der Waals surface area contributed by atoms with E-state index in [1.54, 1.807) is 12.1 Å². The van der Waals surface area contributed by atoms with E-state index in [2.05, 4.69) is 0 Å². The van der Waals surface area contributed by atoms with Crippen molar-refractivity contribution in [2.24, 2.45) is 5.73 Å². The minimum atomic E-state index is -0.682. The van der Waals surface area contributed by atoms with Gasteiger partial charge in [0.2, 0.25) is 5.91 Å². The van der Waals surface area contributed by atoms with Gasteiger partial charge in [0.1, 0.15) is 0 Å². The number of rotatable bonds is 1. The smallest absolute Gasteiger partial charge is 0.251 e. The van der Waals surface area contributed by atoms with Crippen LogP contribution in [0.15, 0.2) is 24.3 Å². The number of carbonyl (C=O) groups excluding carboxylic acids is 2. The van der Waals surface area contributed by atoms with Gasteiger partial charge in [0.15, 0.2) is 0 Å². The molecule has 78 valence electrons. The minimum absolute atomic E-state index is 0.104. The molecule has 4 heteroatoms. The molecule has 0 aromatic heterocycles. The minimum Gasteiger partial charge on any atom is -0.319 e. The van der Waals surface area contributed by atoms with Gasteiger partial charge < -0.3 is 5.73 Å². The molecule has 2 rings (SSSR count). The third kappa shape index (κ3) is 1.64. The maximum absolute atomic E-state index is 11.6. The third-order valence-corrected chi connectivity index (χ3v) is 2.47. The molecule has 1 atom stereocenters. The summed E-state index contributed by atoms with van der Waals surface area (Å²) in [5.41, 5.74) is 7.20. The van der Waals surface area contributed by atoms with Crippen LogP contribution >= 0.6 is 0 Å². The lowest BCUT2D eigenvalue weighted by Gasteiger charge is -2.14. The van der Waals surface area contributed by atoms with E-state index in [0.717, 1.165) is 10.5 Å². The number of imide groups is 1. The second-order valence-electron chi connectivity index (χ2n) is 3.71. The van der Waals surface area contributed by atoms with Crippen LogP contribution in [0.5, 0.6) is 0 Å². The molecule has 2 N–H and O–H groups in total. The maximum Gasteiger partial charge on any atom is 0.251 e. The van der Waals surface area contributed by atoms with E-state index in [9.17, 15) is 9.59 Å². The summed E-state index contributed by atoms with van der Waals surface area (Å²) in [5.74, 6) is -0.541. The van der Waals surface area contributed by atoms with Crippen LogP contribution in [0.3, 0.4) is 0 Å². The Morgan fingerprint density at radius 1 is 1.27 bits per heavy atom. The van der Waals surface area contributed by atoms with E-state index >= 15 is 0 Å². The van der Waals surface area contributed by atoms with Crippen LogP contribution in [-0.2, 0) is 9.59 Å². The number of nitrogens with zero attached hydrogens (tertiary/aromatic N) is 1. The number of aryl methyl sites for hydroxylation is 1. The lowest BCUT2D eigenvalue weighted by Crippen LogP contribution is -2.35. The highest BCUT2D eigenvalue weighted by atomic mass is 16.2. The second kappa shape index (κ2) is 3.47. The molecule has 1 saturated heterocycles. The number of nitrogens with two attached hydrogens (primary N) is 1. The molecule has 1 heterocycles. The molecular weight excluding hydrogens is 192 g/mol. The van der Waals surface area contributed by atoms with E-state index in [-0.39, 0.29) is 18.2 Å². The van der Waals surface area contributed by atoms with E-state index in [1.165, 1.54) is 0 Å². The zero-order chi connectivity index (χ0) is 11.0. The Balaban J connectivity index is 2.35. The van der Waals surface area contributed by atoms with Crippen LogP contribution in [0.2, 0.25) is 0 Å². The largest absolute Gasteiger partial charge is 0.319 e. The molecule has 1 fully saturated rings. The van der Waals surface area contributed by atoms with Crippen molar-refractivity contribution in [2.75, 3.05) is 4.90 Å². The van der Waals surface area contributed by atoms with Crippen LogP contribution in [0.1, 0.15) is 12.0 Å². The molecule has 1 aromatic rings. The average molecular weight is 204 g/mol. The van der Waals surface area contributed by atoms with E-state index in [0.29, 0.717) is 5.69 Å². The molecule has 0 saturated carbocycles. The Hall–Kier alpha value is -1.68. The first-order valence-electron chi connectivity index (χ1n) is 4.78. The number of hydrogen-bond donors (Lipinski definition) is 1.